The van der Waals surface area contributed by atoms with Crippen LogP contribution in [0.4, 0.5) is 0 Å². The minimum absolute atomic E-state index is 0.111. The first kappa shape index (κ1) is 9.98. The van der Waals surface area contributed by atoms with Gasteiger partial charge in [0.1, 0.15) is 5.75 Å². The Bertz CT molecular complexity index is 443. The molecule has 1 aromatic rings. The molecule has 0 aliphatic carbocycles. The number of phenolic OH excluding ortho intramolecular Hbond substituents is 1. The monoisotopic (exact) mass is 224 g/mol. The summed E-state index contributed by atoms with van der Waals surface area (Å²) in [5, 5.41) is 14.0. The number of hydrogen-bond acceptors (Lipinski definition) is 3. The Morgan fingerprint density at radius 2 is 2.20 bits per heavy atom. The molecule has 15 heavy (non-hydrogen) atoms. The second kappa shape index (κ2) is 3.90. The third-order valence-corrected chi connectivity index (χ3v) is 2.41. The van der Waals surface area contributed by atoms with E-state index in [2.05, 4.69) is 10.5 Å². The number of rotatable bonds is 1. The van der Waals surface area contributed by atoms with Gasteiger partial charge in [-0.05, 0) is 18.2 Å². The van der Waals surface area contributed by atoms with Crippen LogP contribution in [0, 0.1) is 0 Å². The van der Waals surface area contributed by atoms with Crippen LogP contribution in [0.5, 0.6) is 5.75 Å². The van der Waals surface area contributed by atoms with Crippen molar-refractivity contribution in [3.05, 3.63) is 28.8 Å². The van der Waals surface area contributed by atoms with Crippen LogP contribution in [0.2, 0.25) is 5.02 Å². The number of hydrazone groups is 1. The lowest BCUT2D eigenvalue weighted by Crippen LogP contribution is -2.25. The zero-order chi connectivity index (χ0) is 10.8. The smallest absolute Gasteiger partial charge is 0.240 e. The van der Waals surface area contributed by atoms with Crippen LogP contribution in [0.15, 0.2) is 23.3 Å². The molecular formula is C10H9ClN2O2. The Kier molecular flexibility index (Phi) is 2.60. The maximum absolute atomic E-state index is 10.9. The number of halogens is 1. The predicted molar refractivity (Wildman–Crippen MR) is 57.0 cm³/mol. The normalized spacial score (nSPS) is 15.8. The van der Waals surface area contributed by atoms with Crippen LogP contribution < -0.4 is 5.43 Å². The average molecular weight is 225 g/mol. The van der Waals surface area contributed by atoms with Gasteiger partial charge in [-0.1, -0.05) is 11.6 Å². The summed E-state index contributed by atoms with van der Waals surface area (Å²) in [5.74, 6) is 0.00886. The Labute approximate surface area is 91.6 Å². The van der Waals surface area contributed by atoms with Crippen molar-refractivity contribution >= 4 is 23.2 Å². The fourth-order valence-electron chi connectivity index (χ4n) is 1.41. The molecule has 1 aliphatic rings. The molecule has 0 radical (unpaired) electrons. The van der Waals surface area contributed by atoms with Crippen molar-refractivity contribution < 1.29 is 9.90 Å². The maximum atomic E-state index is 10.9. The summed E-state index contributed by atoms with van der Waals surface area (Å²) >= 11 is 5.81. The summed E-state index contributed by atoms with van der Waals surface area (Å²) in [6.45, 7) is 0. The van der Waals surface area contributed by atoms with Gasteiger partial charge in [-0.2, -0.15) is 5.10 Å². The van der Waals surface area contributed by atoms with Crippen LogP contribution in [-0.4, -0.2) is 16.7 Å². The predicted octanol–water partition coefficient (Wildman–Crippen LogP) is 1.66. The summed E-state index contributed by atoms with van der Waals surface area (Å²) in [6, 6.07) is 4.74. The summed E-state index contributed by atoms with van der Waals surface area (Å²) in [5.41, 5.74) is 3.59. The number of nitrogens with zero attached hydrogens (tertiary/aromatic N) is 1. The van der Waals surface area contributed by atoms with E-state index in [1.54, 1.807) is 12.1 Å². The number of carbonyl (C=O) groups is 1. The van der Waals surface area contributed by atoms with Crippen LogP contribution in [0.25, 0.3) is 0 Å². The molecule has 2 N–H and O–H groups in total. The first-order valence-corrected chi connectivity index (χ1v) is 4.89. The molecule has 1 heterocycles. The number of aromatic hydroxyl groups is 1. The van der Waals surface area contributed by atoms with Gasteiger partial charge < -0.3 is 5.11 Å². The van der Waals surface area contributed by atoms with Crippen molar-refractivity contribution in [2.24, 2.45) is 5.10 Å². The van der Waals surface area contributed by atoms with E-state index in [0.29, 0.717) is 29.1 Å². The summed E-state index contributed by atoms with van der Waals surface area (Å²) in [4.78, 5) is 10.9. The van der Waals surface area contributed by atoms with Crippen LogP contribution in [-0.2, 0) is 4.79 Å². The minimum Gasteiger partial charge on any atom is -0.507 e. The highest BCUT2D eigenvalue weighted by molar-refractivity contribution is 6.31. The molecule has 0 spiro atoms. The summed E-state index contributed by atoms with van der Waals surface area (Å²) in [6.07, 6.45) is 0.893. The van der Waals surface area contributed by atoms with Crippen molar-refractivity contribution in [2.45, 2.75) is 12.8 Å². The first-order chi connectivity index (χ1) is 7.16. The highest BCUT2D eigenvalue weighted by atomic mass is 35.5. The molecule has 0 unspecified atom stereocenters. The number of benzene rings is 1. The maximum Gasteiger partial charge on any atom is 0.240 e. The van der Waals surface area contributed by atoms with Gasteiger partial charge in [0.15, 0.2) is 0 Å². The Morgan fingerprint density at radius 1 is 1.40 bits per heavy atom. The number of carbonyl (C=O) groups excluding carboxylic acids is 1. The Balaban J connectivity index is 2.37. The van der Waals surface area contributed by atoms with Gasteiger partial charge >= 0.3 is 0 Å². The van der Waals surface area contributed by atoms with E-state index < -0.39 is 0 Å². The van der Waals surface area contributed by atoms with Gasteiger partial charge in [-0.15, -0.1) is 0 Å². The highest BCUT2D eigenvalue weighted by Crippen LogP contribution is 2.24. The van der Waals surface area contributed by atoms with Gasteiger partial charge in [0.2, 0.25) is 5.91 Å². The lowest BCUT2D eigenvalue weighted by atomic mass is 10.0. The molecule has 1 amide bonds. The molecule has 5 heteroatoms. The Hall–Kier alpha value is -1.55. The molecule has 0 aromatic heterocycles. The van der Waals surface area contributed by atoms with Crippen LogP contribution in [0.3, 0.4) is 0 Å². The quantitative estimate of drug-likeness (QED) is 0.762. The third kappa shape index (κ3) is 2.10. The lowest BCUT2D eigenvalue weighted by molar-refractivity contribution is -0.121. The number of hydrogen-bond donors (Lipinski definition) is 2. The summed E-state index contributed by atoms with van der Waals surface area (Å²) < 4.78 is 0. The minimum atomic E-state index is -0.111. The molecule has 0 atom stereocenters. The highest BCUT2D eigenvalue weighted by Gasteiger charge is 2.16. The molecular weight excluding hydrogens is 216 g/mol. The van der Waals surface area contributed by atoms with Crippen LogP contribution >= 0.6 is 11.6 Å². The van der Waals surface area contributed by atoms with E-state index in [1.165, 1.54) is 6.07 Å². The molecule has 2 rings (SSSR count). The lowest BCUT2D eigenvalue weighted by Gasteiger charge is -2.13. The first-order valence-electron chi connectivity index (χ1n) is 4.51. The molecule has 4 nitrogen and oxygen atoms in total. The zero-order valence-corrected chi connectivity index (χ0v) is 8.58. The van der Waals surface area contributed by atoms with E-state index in [1.807, 2.05) is 0 Å². The van der Waals surface area contributed by atoms with Gasteiger partial charge in [-0.3, -0.25) is 4.79 Å². The second-order valence-corrected chi connectivity index (χ2v) is 3.69. The average Bonchev–Trinajstić information content (AvgIpc) is 2.23. The van der Waals surface area contributed by atoms with Gasteiger partial charge in [-0.25, -0.2) is 5.43 Å². The summed E-state index contributed by atoms with van der Waals surface area (Å²) in [7, 11) is 0. The SMILES string of the molecule is O=C1CCC(c2cc(Cl)ccc2O)=NN1. The standard InChI is InChI=1S/C10H9ClN2O2/c11-6-1-3-9(14)7(5-6)8-2-4-10(15)13-12-8/h1,3,5,14H,2,4H2,(H,13,15). The van der Waals surface area contributed by atoms with E-state index in [9.17, 15) is 9.90 Å². The molecule has 0 bridgehead atoms. The molecule has 0 saturated heterocycles. The van der Waals surface area contributed by atoms with Crippen molar-refractivity contribution in [3.63, 3.8) is 0 Å². The van der Waals surface area contributed by atoms with E-state index in [0.717, 1.165) is 0 Å². The van der Waals surface area contributed by atoms with E-state index in [-0.39, 0.29) is 11.7 Å². The number of amides is 1. The number of phenols is 1. The van der Waals surface area contributed by atoms with E-state index >= 15 is 0 Å². The fourth-order valence-corrected chi connectivity index (χ4v) is 1.58. The van der Waals surface area contributed by atoms with Crippen molar-refractivity contribution in [1.29, 1.82) is 0 Å². The van der Waals surface area contributed by atoms with Crippen LogP contribution in [0.1, 0.15) is 18.4 Å². The zero-order valence-electron chi connectivity index (χ0n) is 7.83. The topological polar surface area (TPSA) is 61.7 Å². The molecule has 78 valence electrons. The molecule has 1 aromatic carbocycles. The third-order valence-electron chi connectivity index (χ3n) is 2.17. The fraction of sp³-hybridized carbons (Fsp3) is 0.200. The van der Waals surface area contributed by atoms with Gasteiger partial charge in [0.25, 0.3) is 0 Å². The van der Waals surface area contributed by atoms with E-state index in [4.69, 9.17) is 11.6 Å². The molecule has 0 saturated carbocycles. The number of nitrogens with one attached hydrogen (secondary N) is 1. The van der Waals surface area contributed by atoms with Crippen molar-refractivity contribution in [3.8, 4) is 5.75 Å². The van der Waals surface area contributed by atoms with Crippen molar-refractivity contribution in [1.82, 2.24) is 5.43 Å². The largest absolute Gasteiger partial charge is 0.507 e. The molecule has 0 fully saturated rings. The van der Waals surface area contributed by atoms with Crippen molar-refractivity contribution in [2.75, 3.05) is 0 Å². The Morgan fingerprint density at radius 3 is 2.87 bits per heavy atom. The second-order valence-electron chi connectivity index (χ2n) is 3.25. The van der Waals surface area contributed by atoms with Gasteiger partial charge in [0, 0.05) is 23.4 Å². The molecule has 1 aliphatic heterocycles. The van der Waals surface area contributed by atoms with Gasteiger partial charge in [0.05, 0.1) is 5.71 Å².